The van der Waals surface area contributed by atoms with Crippen molar-refractivity contribution in [3.05, 3.63) is 0 Å². The van der Waals surface area contributed by atoms with E-state index in [4.69, 9.17) is 0 Å². The van der Waals surface area contributed by atoms with Gasteiger partial charge in [-0.15, -0.1) is 0 Å². The maximum atomic E-state index is 12.5. The molecule has 0 fully saturated rings. The molecule has 18 heavy (non-hydrogen) atoms. The Morgan fingerprint density at radius 3 is 1.83 bits per heavy atom. The van der Waals surface area contributed by atoms with E-state index in [1.54, 1.807) is 0 Å². The molecule has 0 aromatic carbocycles. The fourth-order valence-corrected chi connectivity index (χ4v) is 2.19. The second-order valence-electron chi connectivity index (χ2n) is 5.42. The van der Waals surface area contributed by atoms with Crippen molar-refractivity contribution in [2.45, 2.75) is 78.7 Å². The highest BCUT2D eigenvalue weighted by molar-refractivity contribution is 5.86. The highest BCUT2D eigenvalue weighted by atomic mass is 16.2. The third kappa shape index (κ3) is 4.01. The first kappa shape index (κ1) is 17.0. The van der Waals surface area contributed by atoms with Gasteiger partial charge in [0.2, 0.25) is 5.91 Å². The fraction of sp³-hybridized carbons (Fsp3) is 0.867. The van der Waals surface area contributed by atoms with Crippen molar-refractivity contribution >= 4 is 5.91 Å². The number of carbonyl (C=O) groups excluding carboxylic acids is 1. The number of nitriles is 1. The van der Waals surface area contributed by atoms with Crippen LogP contribution in [-0.4, -0.2) is 11.4 Å². The summed E-state index contributed by atoms with van der Waals surface area (Å²) >= 11 is 0. The minimum atomic E-state index is -0.838. The Kier molecular flexibility index (Phi) is 6.98. The predicted octanol–water partition coefficient (Wildman–Crippen LogP) is 3.79. The van der Waals surface area contributed by atoms with Gasteiger partial charge in [0.15, 0.2) is 0 Å². The molecule has 0 aliphatic rings. The van der Waals surface area contributed by atoms with Crippen LogP contribution in [0.3, 0.4) is 0 Å². The number of amides is 1. The molecule has 0 atom stereocenters. The topological polar surface area (TPSA) is 52.9 Å². The third-order valence-electron chi connectivity index (χ3n) is 3.98. The Morgan fingerprint density at radius 1 is 1.11 bits per heavy atom. The lowest BCUT2D eigenvalue weighted by atomic mass is 9.78. The van der Waals surface area contributed by atoms with Gasteiger partial charge in [0.05, 0.1) is 6.07 Å². The van der Waals surface area contributed by atoms with Crippen molar-refractivity contribution in [3.63, 3.8) is 0 Å². The van der Waals surface area contributed by atoms with Crippen LogP contribution in [-0.2, 0) is 4.79 Å². The van der Waals surface area contributed by atoms with Crippen LogP contribution in [0.5, 0.6) is 0 Å². The summed E-state index contributed by atoms with van der Waals surface area (Å²) in [6.07, 6.45) is 4.77. The van der Waals surface area contributed by atoms with Crippen LogP contribution in [0.25, 0.3) is 0 Å². The highest BCUT2D eigenvalue weighted by Gasteiger charge is 2.39. The first-order chi connectivity index (χ1) is 8.43. The zero-order valence-corrected chi connectivity index (χ0v) is 12.6. The minimum absolute atomic E-state index is 0.0834. The Hall–Kier alpha value is -1.04. The van der Waals surface area contributed by atoms with E-state index in [1.807, 2.05) is 20.8 Å². The lowest BCUT2D eigenvalue weighted by Crippen LogP contribution is -2.51. The average Bonchev–Trinajstić information content (AvgIpc) is 2.38. The molecule has 1 amide bonds. The molecule has 0 saturated heterocycles. The Balaban J connectivity index is 5.03. The van der Waals surface area contributed by atoms with E-state index in [0.717, 1.165) is 25.7 Å². The average molecular weight is 252 g/mol. The largest absolute Gasteiger partial charge is 0.350 e. The van der Waals surface area contributed by atoms with Gasteiger partial charge in [0.1, 0.15) is 5.41 Å². The Morgan fingerprint density at radius 2 is 1.56 bits per heavy atom. The summed E-state index contributed by atoms with van der Waals surface area (Å²) < 4.78 is 0. The molecule has 0 heterocycles. The molecule has 0 aromatic rings. The summed E-state index contributed by atoms with van der Waals surface area (Å²) in [6, 6.07) is 2.28. The van der Waals surface area contributed by atoms with E-state index in [-0.39, 0.29) is 11.4 Å². The third-order valence-corrected chi connectivity index (χ3v) is 3.98. The number of rotatable bonds is 8. The van der Waals surface area contributed by atoms with Gasteiger partial charge in [-0.05, 0) is 32.6 Å². The van der Waals surface area contributed by atoms with E-state index in [2.05, 4.69) is 25.2 Å². The van der Waals surface area contributed by atoms with Crippen LogP contribution in [0.1, 0.15) is 73.1 Å². The maximum Gasteiger partial charge on any atom is 0.240 e. The summed E-state index contributed by atoms with van der Waals surface area (Å²) in [7, 11) is 0. The molecule has 3 nitrogen and oxygen atoms in total. The molecule has 3 heteroatoms. The summed E-state index contributed by atoms with van der Waals surface area (Å²) in [6.45, 7) is 10.2. The molecule has 104 valence electrons. The Bertz CT molecular complexity index is 294. The van der Waals surface area contributed by atoms with Crippen molar-refractivity contribution in [2.75, 3.05) is 0 Å². The predicted molar refractivity (Wildman–Crippen MR) is 75.0 cm³/mol. The van der Waals surface area contributed by atoms with Crippen molar-refractivity contribution in [1.82, 2.24) is 5.32 Å². The molecule has 0 unspecified atom stereocenters. The number of nitrogens with zero attached hydrogens (tertiary/aromatic N) is 1. The van der Waals surface area contributed by atoms with Crippen molar-refractivity contribution in [1.29, 1.82) is 5.26 Å². The fourth-order valence-electron chi connectivity index (χ4n) is 2.19. The Labute approximate surface area is 112 Å². The maximum absolute atomic E-state index is 12.5. The highest BCUT2D eigenvalue weighted by Crippen LogP contribution is 2.31. The molecular formula is C15H28N2O. The molecule has 0 spiro atoms. The number of hydrogen-bond donors (Lipinski definition) is 1. The molecule has 0 aliphatic heterocycles. The number of nitrogens with one attached hydrogen (secondary N) is 1. The van der Waals surface area contributed by atoms with Crippen molar-refractivity contribution in [2.24, 2.45) is 5.41 Å². The first-order valence-corrected chi connectivity index (χ1v) is 7.17. The molecule has 0 bridgehead atoms. The molecular weight excluding hydrogens is 224 g/mol. The number of carbonyl (C=O) groups is 1. The molecule has 0 radical (unpaired) electrons. The van der Waals surface area contributed by atoms with Crippen LogP contribution in [0.4, 0.5) is 0 Å². The van der Waals surface area contributed by atoms with Gasteiger partial charge in [0.25, 0.3) is 0 Å². The normalized spacial score (nSPS) is 12.0. The zero-order chi connectivity index (χ0) is 14.2. The first-order valence-electron chi connectivity index (χ1n) is 7.17. The van der Waals surface area contributed by atoms with Crippen LogP contribution in [0.15, 0.2) is 0 Å². The van der Waals surface area contributed by atoms with Gasteiger partial charge in [0, 0.05) is 5.54 Å². The van der Waals surface area contributed by atoms with E-state index in [9.17, 15) is 10.1 Å². The van der Waals surface area contributed by atoms with Gasteiger partial charge < -0.3 is 5.32 Å². The summed E-state index contributed by atoms with van der Waals surface area (Å²) in [4.78, 5) is 12.5. The summed E-state index contributed by atoms with van der Waals surface area (Å²) in [5.74, 6) is -0.0834. The molecule has 0 aromatic heterocycles. The lowest BCUT2D eigenvalue weighted by Gasteiger charge is -2.33. The summed E-state index contributed by atoms with van der Waals surface area (Å²) in [5, 5.41) is 12.5. The molecule has 0 rings (SSSR count). The van der Waals surface area contributed by atoms with E-state index in [0.29, 0.717) is 12.8 Å². The molecule has 0 saturated carbocycles. The van der Waals surface area contributed by atoms with E-state index < -0.39 is 5.41 Å². The minimum Gasteiger partial charge on any atom is -0.350 e. The van der Waals surface area contributed by atoms with Crippen molar-refractivity contribution < 1.29 is 4.79 Å². The van der Waals surface area contributed by atoms with Gasteiger partial charge in [-0.25, -0.2) is 0 Å². The van der Waals surface area contributed by atoms with E-state index >= 15 is 0 Å². The SMILES string of the molecule is CCCC(C#N)(CCC)C(=O)NC(C)(CC)CC. The smallest absolute Gasteiger partial charge is 0.240 e. The van der Waals surface area contributed by atoms with Gasteiger partial charge in [-0.1, -0.05) is 40.5 Å². The van der Waals surface area contributed by atoms with Crippen LogP contribution in [0.2, 0.25) is 0 Å². The quantitative estimate of drug-likeness (QED) is 0.714. The number of hydrogen-bond acceptors (Lipinski definition) is 2. The van der Waals surface area contributed by atoms with Gasteiger partial charge in [-0.3, -0.25) is 4.79 Å². The van der Waals surface area contributed by atoms with Crippen LogP contribution >= 0.6 is 0 Å². The second-order valence-corrected chi connectivity index (χ2v) is 5.42. The van der Waals surface area contributed by atoms with Crippen LogP contribution < -0.4 is 5.32 Å². The van der Waals surface area contributed by atoms with Gasteiger partial charge in [-0.2, -0.15) is 5.26 Å². The summed E-state index contributed by atoms with van der Waals surface area (Å²) in [5.41, 5.74) is -1.03. The molecule has 1 N–H and O–H groups in total. The second kappa shape index (κ2) is 7.41. The van der Waals surface area contributed by atoms with Crippen molar-refractivity contribution in [3.8, 4) is 6.07 Å². The zero-order valence-electron chi connectivity index (χ0n) is 12.6. The standard InChI is InChI=1S/C15H28N2O/c1-6-10-15(12-16,11-7-2)13(18)17-14(5,8-3)9-4/h6-11H2,1-5H3,(H,17,18). The van der Waals surface area contributed by atoms with Crippen LogP contribution in [0, 0.1) is 16.7 Å². The monoisotopic (exact) mass is 252 g/mol. The lowest BCUT2D eigenvalue weighted by molar-refractivity contribution is -0.131. The van der Waals surface area contributed by atoms with Gasteiger partial charge >= 0.3 is 0 Å². The van der Waals surface area contributed by atoms with E-state index in [1.165, 1.54) is 0 Å². The molecule has 0 aliphatic carbocycles.